The molecule has 1 aliphatic rings. The number of aromatic nitrogens is 3. The zero-order valence-corrected chi connectivity index (χ0v) is 13.6. The number of rotatable bonds is 4. The van der Waals surface area contributed by atoms with Gasteiger partial charge in [-0.3, -0.25) is 9.69 Å². The van der Waals surface area contributed by atoms with Crippen LogP contribution < -0.4 is 4.74 Å². The Bertz CT molecular complexity index is 746. The minimum Gasteiger partial charge on any atom is -0.496 e. The first kappa shape index (κ1) is 15.8. The second-order valence-electron chi connectivity index (χ2n) is 5.49. The number of fused-ring (bicyclic) bond motifs is 1. The lowest BCUT2D eigenvalue weighted by molar-refractivity contribution is -0.145. The Balaban J connectivity index is 1.92. The van der Waals surface area contributed by atoms with Crippen molar-refractivity contribution in [1.29, 1.82) is 0 Å². The van der Waals surface area contributed by atoms with Crippen LogP contribution in [-0.2, 0) is 24.4 Å². The molecule has 0 saturated heterocycles. The van der Waals surface area contributed by atoms with Gasteiger partial charge >= 0.3 is 5.97 Å². The number of aryl methyl sites for hydroxylation is 1. The lowest BCUT2D eigenvalue weighted by atomic mass is 10.1. The molecule has 8 heteroatoms. The first-order chi connectivity index (χ1) is 11.0. The summed E-state index contributed by atoms with van der Waals surface area (Å²) < 4.78 is 7.20. The Kier molecular flexibility index (Phi) is 4.23. The van der Waals surface area contributed by atoms with Crippen LogP contribution in [-0.4, -0.2) is 43.9 Å². The topological polar surface area (TPSA) is 80.5 Å². The van der Waals surface area contributed by atoms with Gasteiger partial charge in [0.25, 0.3) is 0 Å². The molecule has 1 aliphatic heterocycles. The number of carbonyl (C=O) groups is 1. The molecule has 1 atom stereocenters. The van der Waals surface area contributed by atoms with Gasteiger partial charge in [0, 0.05) is 17.1 Å². The van der Waals surface area contributed by atoms with Crippen LogP contribution in [0.4, 0.5) is 0 Å². The van der Waals surface area contributed by atoms with Crippen molar-refractivity contribution in [2.75, 3.05) is 7.11 Å². The Morgan fingerprint density at radius 3 is 2.96 bits per heavy atom. The highest BCUT2D eigenvalue weighted by Crippen LogP contribution is 2.27. The van der Waals surface area contributed by atoms with Gasteiger partial charge in [-0.15, -0.1) is 10.2 Å². The summed E-state index contributed by atoms with van der Waals surface area (Å²) in [5.41, 5.74) is 0.843. The van der Waals surface area contributed by atoms with Crippen molar-refractivity contribution < 1.29 is 14.6 Å². The van der Waals surface area contributed by atoms with Crippen LogP contribution in [0.1, 0.15) is 17.2 Å². The summed E-state index contributed by atoms with van der Waals surface area (Å²) in [6.07, 6.45) is 0. The van der Waals surface area contributed by atoms with E-state index in [0.717, 1.165) is 17.2 Å². The summed E-state index contributed by atoms with van der Waals surface area (Å²) in [5.74, 6) is 1.30. The molecular formula is C15H17ClN4O3. The molecule has 0 fully saturated rings. The number of ether oxygens (including phenoxy) is 1. The van der Waals surface area contributed by atoms with Gasteiger partial charge in [-0.1, -0.05) is 11.6 Å². The van der Waals surface area contributed by atoms with Crippen molar-refractivity contribution in [1.82, 2.24) is 19.7 Å². The number of hydrogen-bond acceptors (Lipinski definition) is 5. The molecule has 2 aromatic rings. The average Bonchev–Trinajstić information content (AvgIpc) is 2.87. The van der Waals surface area contributed by atoms with Gasteiger partial charge in [-0.05, 0) is 25.1 Å². The molecule has 122 valence electrons. The second kappa shape index (κ2) is 6.17. The molecule has 2 heterocycles. The predicted octanol–water partition coefficient (Wildman–Crippen LogP) is 1.72. The number of hydrogen-bond donors (Lipinski definition) is 1. The second-order valence-corrected chi connectivity index (χ2v) is 5.93. The van der Waals surface area contributed by atoms with Crippen LogP contribution in [0.5, 0.6) is 5.75 Å². The van der Waals surface area contributed by atoms with Gasteiger partial charge < -0.3 is 14.4 Å². The molecule has 1 N–H and O–H groups in total. The number of methoxy groups -OCH3 is 1. The minimum absolute atomic E-state index is 0.326. The number of carboxylic acid groups (broad SMARTS) is 1. The fourth-order valence-corrected chi connectivity index (χ4v) is 3.04. The largest absolute Gasteiger partial charge is 0.496 e. The standard InChI is InChI=1S/C15H17ClN4O3/c1-9-17-18-14-8-19(12(15(21)22)7-20(9)14)6-10-5-11(16)3-4-13(10)23-2/h3-5,12H,6-8H2,1-2H3,(H,21,22). The van der Waals surface area contributed by atoms with E-state index in [1.807, 2.05) is 16.4 Å². The number of nitrogens with zero attached hydrogens (tertiary/aromatic N) is 4. The third kappa shape index (κ3) is 3.02. The molecule has 1 aromatic heterocycles. The van der Waals surface area contributed by atoms with E-state index in [1.165, 1.54) is 0 Å². The highest BCUT2D eigenvalue weighted by atomic mass is 35.5. The van der Waals surface area contributed by atoms with Gasteiger partial charge in [0.1, 0.15) is 23.4 Å². The van der Waals surface area contributed by atoms with Crippen molar-refractivity contribution in [3.05, 3.63) is 40.4 Å². The maximum atomic E-state index is 11.7. The normalized spacial score (nSPS) is 17.8. The smallest absolute Gasteiger partial charge is 0.322 e. The first-order valence-electron chi connectivity index (χ1n) is 7.17. The van der Waals surface area contributed by atoms with Crippen molar-refractivity contribution in [2.24, 2.45) is 0 Å². The van der Waals surface area contributed by atoms with Crippen LogP contribution in [0.15, 0.2) is 18.2 Å². The number of carboxylic acids is 1. The van der Waals surface area contributed by atoms with E-state index in [9.17, 15) is 9.90 Å². The summed E-state index contributed by atoms with van der Waals surface area (Å²) in [7, 11) is 1.58. The molecule has 0 radical (unpaired) electrons. The summed E-state index contributed by atoms with van der Waals surface area (Å²) in [6.45, 7) is 2.97. The van der Waals surface area contributed by atoms with Crippen LogP contribution in [0.3, 0.4) is 0 Å². The maximum Gasteiger partial charge on any atom is 0.322 e. The molecule has 0 saturated carbocycles. The Morgan fingerprint density at radius 2 is 2.26 bits per heavy atom. The van der Waals surface area contributed by atoms with Gasteiger partial charge in [-0.2, -0.15) is 0 Å². The van der Waals surface area contributed by atoms with Crippen molar-refractivity contribution in [3.63, 3.8) is 0 Å². The predicted molar refractivity (Wildman–Crippen MR) is 83.4 cm³/mol. The van der Waals surface area contributed by atoms with E-state index < -0.39 is 12.0 Å². The highest BCUT2D eigenvalue weighted by Gasteiger charge is 2.33. The van der Waals surface area contributed by atoms with Crippen LogP contribution in [0.2, 0.25) is 5.02 Å². The van der Waals surface area contributed by atoms with Gasteiger partial charge in [0.05, 0.1) is 20.2 Å². The van der Waals surface area contributed by atoms with Crippen molar-refractivity contribution in [3.8, 4) is 5.75 Å². The third-order valence-corrected chi connectivity index (χ3v) is 4.29. The Morgan fingerprint density at radius 1 is 1.48 bits per heavy atom. The van der Waals surface area contributed by atoms with Gasteiger partial charge in [0.15, 0.2) is 0 Å². The Hall–Kier alpha value is -2.12. The monoisotopic (exact) mass is 336 g/mol. The van der Waals surface area contributed by atoms with Crippen LogP contribution in [0, 0.1) is 6.92 Å². The molecule has 0 aliphatic carbocycles. The molecule has 7 nitrogen and oxygen atoms in total. The summed E-state index contributed by atoms with van der Waals surface area (Å²) >= 11 is 6.06. The zero-order chi connectivity index (χ0) is 16.6. The summed E-state index contributed by atoms with van der Waals surface area (Å²) in [4.78, 5) is 13.5. The summed E-state index contributed by atoms with van der Waals surface area (Å²) in [6, 6.07) is 4.67. The third-order valence-electron chi connectivity index (χ3n) is 4.05. The summed E-state index contributed by atoms with van der Waals surface area (Å²) in [5, 5.41) is 18.3. The van der Waals surface area contributed by atoms with Gasteiger partial charge in [-0.25, -0.2) is 0 Å². The van der Waals surface area contributed by atoms with Crippen LogP contribution >= 0.6 is 11.6 Å². The maximum absolute atomic E-state index is 11.7. The van der Waals surface area contributed by atoms with E-state index in [1.54, 1.807) is 25.3 Å². The van der Waals surface area contributed by atoms with E-state index in [-0.39, 0.29) is 0 Å². The molecule has 3 rings (SSSR count). The first-order valence-corrected chi connectivity index (χ1v) is 7.55. The lowest BCUT2D eigenvalue weighted by Crippen LogP contribution is -2.47. The average molecular weight is 337 g/mol. The van der Waals surface area contributed by atoms with E-state index >= 15 is 0 Å². The fraction of sp³-hybridized carbons (Fsp3) is 0.400. The molecular weight excluding hydrogens is 320 g/mol. The number of benzene rings is 1. The van der Waals surface area contributed by atoms with Crippen LogP contribution in [0.25, 0.3) is 0 Å². The quantitative estimate of drug-likeness (QED) is 0.915. The molecule has 23 heavy (non-hydrogen) atoms. The molecule has 0 bridgehead atoms. The van der Waals surface area contributed by atoms with Crippen molar-refractivity contribution in [2.45, 2.75) is 32.6 Å². The highest BCUT2D eigenvalue weighted by molar-refractivity contribution is 6.30. The number of aliphatic carboxylic acids is 1. The fourth-order valence-electron chi connectivity index (χ4n) is 2.85. The van der Waals surface area contributed by atoms with Crippen molar-refractivity contribution >= 4 is 17.6 Å². The Labute approximate surface area is 138 Å². The van der Waals surface area contributed by atoms with E-state index in [2.05, 4.69) is 10.2 Å². The zero-order valence-electron chi connectivity index (χ0n) is 12.9. The number of halogens is 1. The molecule has 0 amide bonds. The van der Waals surface area contributed by atoms with E-state index in [0.29, 0.717) is 30.4 Å². The molecule has 0 spiro atoms. The van der Waals surface area contributed by atoms with E-state index in [4.69, 9.17) is 16.3 Å². The molecule has 1 aromatic carbocycles. The van der Waals surface area contributed by atoms with Gasteiger partial charge in [0.2, 0.25) is 0 Å². The molecule has 1 unspecified atom stereocenters. The SMILES string of the molecule is COc1ccc(Cl)cc1CN1Cc2nnc(C)n2CC1C(=O)O. The lowest BCUT2D eigenvalue weighted by Gasteiger charge is -2.33. The minimum atomic E-state index is -0.871.